The van der Waals surface area contributed by atoms with E-state index in [0.29, 0.717) is 5.58 Å². The Morgan fingerprint density at radius 2 is 2.00 bits per heavy atom. The summed E-state index contributed by atoms with van der Waals surface area (Å²) in [5.41, 5.74) is 0.754. The van der Waals surface area contributed by atoms with Gasteiger partial charge in [0.05, 0.1) is 11.2 Å². The van der Waals surface area contributed by atoms with E-state index >= 15 is 0 Å². The number of nitro groups is 1. The van der Waals surface area contributed by atoms with Crippen molar-refractivity contribution in [2.75, 3.05) is 0 Å². The van der Waals surface area contributed by atoms with Crippen molar-refractivity contribution in [3.8, 4) is 0 Å². The maximum Gasteiger partial charge on any atom is 0.270 e. The van der Waals surface area contributed by atoms with Crippen LogP contribution in [0.1, 0.15) is 13.8 Å². The van der Waals surface area contributed by atoms with Crippen molar-refractivity contribution in [2.45, 2.75) is 13.8 Å². The van der Waals surface area contributed by atoms with Gasteiger partial charge in [-0.3, -0.25) is 10.1 Å². The Hall–Kier alpha value is -1.84. The Bertz CT molecular complexity index is 434. The zero-order valence-corrected chi connectivity index (χ0v) is 8.06. The Morgan fingerprint density at radius 1 is 1.29 bits per heavy atom. The highest BCUT2D eigenvalue weighted by molar-refractivity contribution is 5.79. The molecule has 14 heavy (non-hydrogen) atoms. The monoisotopic (exact) mass is 193 g/mol. The standard InChI is InChI=1S/C8H5NO3.C2H6/c10-9(11)7-1-2-8-6(5-7)3-4-12-8;1-2/h1-5H;1-2H3. The van der Waals surface area contributed by atoms with Crippen molar-refractivity contribution in [2.24, 2.45) is 0 Å². The minimum absolute atomic E-state index is 0.0869. The second-order valence-electron chi connectivity index (χ2n) is 2.40. The fraction of sp³-hybridized carbons (Fsp3) is 0.200. The first-order valence-electron chi connectivity index (χ1n) is 4.39. The molecule has 4 nitrogen and oxygen atoms in total. The molecular weight excluding hydrogens is 182 g/mol. The normalized spacial score (nSPS) is 9.29. The third kappa shape index (κ3) is 1.90. The van der Waals surface area contributed by atoms with Crippen LogP contribution in [0, 0.1) is 10.1 Å². The number of nitrogens with zero attached hydrogens (tertiary/aromatic N) is 1. The van der Waals surface area contributed by atoms with Gasteiger partial charge in [0.15, 0.2) is 0 Å². The second-order valence-corrected chi connectivity index (χ2v) is 2.40. The number of non-ortho nitro benzene ring substituents is 1. The van der Waals surface area contributed by atoms with Gasteiger partial charge in [-0.15, -0.1) is 0 Å². The molecule has 74 valence electrons. The molecule has 4 heteroatoms. The summed E-state index contributed by atoms with van der Waals surface area (Å²) in [7, 11) is 0. The molecule has 0 amide bonds. The summed E-state index contributed by atoms with van der Waals surface area (Å²) in [5, 5.41) is 11.1. The molecule has 0 radical (unpaired) electrons. The van der Waals surface area contributed by atoms with Gasteiger partial charge in [-0.25, -0.2) is 0 Å². The van der Waals surface area contributed by atoms with Crippen LogP contribution in [0.2, 0.25) is 0 Å². The fourth-order valence-corrected chi connectivity index (χ4v) is 1.07. The lowest BCUT2D eigenvalue weighted by Gasteiger charge is -1.89. The minimum atomic E-state index is -0.424. The molecule has 0 aliphatic carbocycles. The lowest BCUT2D eigenvalue weighted by Crippen LogP contribution is -1.85. The summed E-state index contributed by atoms with van der Waals surface area (Å²) >= 11 is 0. The van der Waals surface area contributed by atoms with Crippen LogP contribution < -0.4 is 0 Å². The summed E-state index contributed by atoms with van der Waals surface area (Å²) in [5.74, 6) is 0. The number of furan rings is 1. The van der Waals surface area contributed by atoms with E-state index in [1.54, 1.807) is 12.1 Å². The van der Waals surface area contributed by atoms with Crippen LogP contribution >= 0.6 is 0 Å². The predicted octanol–water partition coefficient (Wildman–Crippen LogP) is 3.37. The van der Waals surface area contributed by atoms with Gasteiger partial charge in [0.2, 0.25) is 0 Å². The number of fused-ring (bicyclic) bond motifs is 1. The molecule has 0 spiro atoms. The highest BCUT2D eigenvalue weighted by atomic mass is 16.6. The number of hydrogen-bond acceptors (Lipinski definition) is 3. The average Bonchev–Trinajstić information content (AvgIpc) is 2.67. The highest BCUT2D eigenvalue weighted by Gasteiger charge is 2.06. The molecule has 1 aromatic carbocycles. The van der Waals surface area contributed by atoms with Gasteiger partial charge < -0.3 is 4.42 Å². The van der Waals surface area contributed by atoms with E-state index in [4.69, 9.17) is 4.42 Å². The Kier molecular flexibility index (Phi) is 3.23. The van der Waals surface area contributed by atoms with Crippen molar-refractivity contribution in [3.05, 3.63) is 40.6 Å². The molecule has 0 unspecified atom stereocenters. The van der Waals surface area contributed by atoms with Crippen molar-refractivity contribution in [1.29, 1.82) is 0 Å². The van der Waals surface area contributed by atoms with E-state index in [9.17, 15) is 10.1 Å². The summed E-state index contributed by atoms with van der Waals surface area (Å²) < 4.78 is 5.03. The molecule has 2 rings (SSSR count). The predicted molar refractivity (Wildman–Crippen MR) is 54.2 cm³/mol. The number of hydrogen-bond donors (Lipinski definition) is 0. The highest BCUT2D eigenvalue weighted by Crippen LogP contribution is 2.20. The molecule has 0 saturated carbocycles. The second kappa shape index (κ2) is 4.41. The summed E-state index contributed by atoms with van der Waals surface area (Å²) in [6, 6.07) is 6.19. The number of rotatable bonds is 1. The van der Waals surface area contributed by atoms with Crippen LogP contribution in [0.5, 0.6) is 0 Å². The Labute approximate surface area is 81.3 Å². The quantitative estimate of drug-likeness (QED) is 0.515. The SMILES string of the molecule is CC.O=[N+]([O-])c1ccc2occc2c1. The third-order valence-corrected chi connectivity index (χ3v) is 1.65. The molecular formula is C10H11NO3. The molecule has 0 fully saturated rings. The molecule has 0 saturated heterocycles. The first kappa shape index (κ1) is 10.2. The van der Waals surface area contributed by atoms with Gasteiger partial charge >= 0.3 is 0 Å². The molecule has 0 N–H and O–H groups in total. The summed E-state index contributed by atoms with van der Waals surface area (Å²) in [6.45, 7) is 4.00. The van der Waals surface area contributed by atoms with Crippen LogP contribution in [0.4, 0.5) is 5.69 Å². The smallest absolute Gasteiger partial charge is 0.270 e. The maximum atomic E-state index is 10.3. The van der Waals surface area contributed by atoms with Crippen LogP contribution in [0.3, 0.4) is 0 Å². The van der Waals surface area contributed by atoms with Crippen LogP contribution in [-0.4, -0.2) is 4.92 Å². The van der Waals surface area contributed by atoms with Crippen molar-refractivity contribution in [3.63, 3.8) is 0 Å². The van der Waals surface area contributed by atoms with Gasteiger partial charge in [0.1, 0.15) is 5.58 Å². The van der Waals surface area contributed by atoms with Crippen molar-refractivity contribution < 1.29 is 9.34 Å². The van der Waals surface area contributed by atoms with Crippen LogP contribution in [0.25, 0.3) is 11.0 Å². The topological polar surface area (TPSA) is 56.3 Å². The van der Waals surface area contributed by atoms with Crippen LogP contribution in [-0.2, 0) is 0 Å². The van der Waals surface area contributed by atoms with Crippen LogP contribution in [0.15, 0.2) is 34.9 Å². The minimum Gasteiger partial charge on any atom is -0.464 e. The van der Waals surface area contributed by atoms with E-state index in [2.05, 4.69) is 0 Å². The zero-order valence-electron chi connectivity index (χ0n) is 8.06. The first-order valence-corrected chi connectivity index (χ1v) is 4.39. The molecule has 1 aromatic heterocycles. The van der Waals surface area contributed by atoms with E-state index in [1.807, 2.05) is 13.8 Å². The molecule has 0 bridgehead atoms. The van der Waals surface area contributed by atoms with Gasteiger partial charge in [-0.2, -0.15) is 0 Å². The van der Waals surface area contributed by atoms with Crippen molar-refractivity contribution in [1.82, 2.24) is 0 Å². The lowest BCUT2D eigenvalue weighted by atomic mass is 10.2. The Balaban J connectivity index is 0.000000461. The third-order valence-electron chi connectivity index (χ3n) is 1.65. The molecule has 0 atom stereocenters. The molecule has 0 aliphatic rings. The summed E-state index contributed by atoms with van der Waals surface area (Å²) in [4.78, 5) is 9.92. The molecule has 2 aromatic rings. The summed E-state index contributed by atoms with van der Waals surface area (Å²) in [6.07, 6.45) is 1.51. The first-order chi connectivity index (χ1) is 6.77. The Morgan fingerprint density at radius 3 is 2.64 bits per heavy atom. The van der Waals surface area contributed by atoms with Gasteiger partial charge in [0, 0.05) is 17.5 Å². The molecule has 1 heterocycles. The van der Waals surface area contributed by atoms with Gasteiger partial charge in [-0.05, 0) is 12.1 Å². The van der Waals surface area contributed by atoms with Gasteiger partial charge in [0.25, 0.3) is 5.69 Å². The number of nitro benzene ring substituents is 1. The average molecular weight is 193 g/mol. The van der Waals surface area contributed by atoms with E-state index in [0.717, 1.165) is 5.39 Å². The number of benzene rings is 1. The van der Waals surface area contributed by atoms with E-state index in [1.165, 1.54) is 18.4 Å². The fourth-order valence-electron chi connectivity index (χ4n) is 1.07. The zero-order chi connectivity index (χ0) is 10.6. The van der Waals surface area contributed by atoms with Gasteiger partial charge in [-0.1, -0.05) is 13.8 Å². The van der Waals surface area contributed by atoms with Crippen molar-refractivity contribution >= 4 is 16.7 Å². The van der Waals surface area contributed by atoms with E-state index < -0.39 is 4.92 Å². The molecule has 0 aliphatic heterocycles. The largest absolute Gasteiger partial charge is 0.464 e. The van der Waals surface area contributed by atoms with E-state index in [-0.39, 0.29) is 5.69 Å². The lowest BCUT2D eigenvalue weighted by molar-refractivity contribution is -0.384. The maximum absolute atomic E-state index is 10.3.